The number of benzene rings is 2. The van der Waals surface area contributed by atoms with Crippen molar-refractivity contribution in [3.8, 4) is 28.6 Å². The van der Waals surface area contributed by atoms with Gasteiger partial charge in [-0.15, -0.1) is 5.10 Å². The minimum Gasteiger partial charge on any atom is -0.493 e. The van der Waals surface area contributed by atoms with E-state index in [9.17, 15) is 0 Å². The molecule has 0 aliphatic rings. The van der Waals surface area contributed by atoms with Gasteiger partial charge in [-0.2, -0.15) is 4.98 Å². The molecule has 0 bridgehead atoms. The zero-order valence-corrected chi connectivity index (χ0v) is 14.3. The largest absolute Gasteiger partial charge is 0.493 e. The summed E-state index contributed by atoms with van der Waals surface area (Å²) in [6.07, 6.45) is 3.12. The highest BCUT2D eigenvalue weighted by molar-refractivity contribution is 5.86. The quantitative estimate of drug-likeness (QED) is 0.551. The van der Waals surface area contributed by atoms with E-state index < -0.39 is 0 Å². The lowest BCUT2D eigenvalue weighted by atomic mass is 10.2. The van der Waals surface area contributed by atoms with Gasteiger partial charge < -0.3 is 14.3 Å². The lowest BCUT2D eigenvalue weighted by Gasteiger charge is -2.12. The lowest BCUT2D eigenvalue weighted by molar-refractivity contribution is 0.177. The third-order valence-corrected chi connectivity index (χ3v) is 3.96. The molecule has 130 valence electrons. The molecule has 0 amide bonds. The molecule has 0 fully saturated rings. The van der Waals surface area contributed by atoms with Gasteiger partial charge >= 0.3 is 0 Å². The van der Waals surface area contributed by atoms with Crippen molar-refractivity contribution in [3.05, 3.63) is 61.1 Å². The smallest absolute Gasteiger partial charge is 0.259 e. The van der Waals surface area contributed by atoms with E-state index in [2.05, 4.69) is 15.1 Å². The van der Waals surface area contributed by atoms with Crippen molar-refractivity contribution in [1.29, 1.82) is 0 Å². The summed E-state index contributed by atoms with van der Waals surface area (Å²) in [5, 5.41) is 4.94. The summed E-state index contributed by atoms with van der Waals surface area (Å²) in [6, 6.07) is 15.3. The van der Waals surface area contributed by atoms with Crippen molar-refractivity contribution in [2.24, 2.45) is 0 Å². The normalized spacial score (nSPS) is 10.7. The van der Waals surface area contributed by atoms with Gasteiger partial charge in [0, 0.05) is 11.6 Å². The van der Waals surface area contributed by atoms with Crippen molar-refractivity contribution < 1.29 is 14.3 Å². The van der Waals surface area contributed by atoms with Crippen LogP contribution in [0.3, 0.4) is 0 Å². The molecule has 2 aromatic carbocycles. The van der Waals surface area contributed by atoms with Crippen LogP contribution >= 0.6 is 0 Å². The molecule has 7 nitrogen and oxygen atoms in total. The Hall–Kier alpha value is -3.61. The average Bonchev–Trinajstić information content (AvgIpc) is 3.16. The van der Waals surface area contributed by atoms with Crippen LogP contribution in [-0.2, 0) is 0 Å². The Labute approximate surface area is 149 Å². The highest BCUT2D eigenvalue weighted by Crippen LogP contribution is 2.34. The predicted molar refractivity (Wildman–Crippen MR) is 96.3 cm³/mol. The van der Waals surface area contributed by atoms with Gasteiger partial charge in [-0.05, 0) is 12.1 Å². The first-order valence-corrected chi connectivity index (χ1v) is 7.94. The maximum absolute atomic E-state index is 5.95. The van der Waals surface area contributed by atoms with Crippen LogP contribution in [0.25, 0.3) is 22.2 Å². The third kappa shape index (κ3) is 2.79. The summed E-state index contributed by atoms with van der Waals surface area (Å²) in [6.45, 7) is 0. The van der Waals surface area contributed by atoms with E-state index in [0.29, 0.717) is 28.3 Å². The summed E-state index contributed by atoms with van der Waals surface area (Å²) >= 11 is 0. The van der Waals surface area contributed by atoms with E-state index >= 15 is 0 Å². The van der Waals surface area contributed by atoms with Crippen LogP contribution in [0.1, 0.15) is 0 Å². The van der Waals surface area contributed by atoms with E-state index in [0.717, 1.165) is 11.3 Å². The number of rotatable bonds is 5. The number of hydrogen-bond donors (Lipinski definition) is 0. The molecule has 0 atom stereocenters. The van der Waals surface area contributed by atoms with Crippen LogP contribution in [0.5, 0.6) is 17.4 Å². The molecule has 2 heterocycles. The molecular weight excluding hydrogens is 332 g/mol. The predicted octanol–water partition coefficient (Wildman–Crippen LogP) is 3.35. The van der Waals surface area contributed by atoms with Crippen LogP contribution in [0, 0.1) is 0 Å². The fraction of sp³-hybridized carbons (Fsp3) is 0.105. The van der Waals surface area contributed by atoms with Gasteiger partial charge in [0.15, 0.2) is 11.5 Å². The van der Waals surface area contributed by atoms with Crippen molar-refractivity contribution >= 4 is 10.9 Å². The molecule has 4 aromatic rings. The lowest BCUT2D eigenvalue weighted by Crippen LogP contribution is -2.10. The molecule has 0 spiro atoms. The minimum absolute atomic E-state index is 0.372. The molecule has 0 saturated carbocycles. The third-order valence-electron chi connectivity index (χ3n) is 3.96. The summed E-state index contributed by atoms with van der Waals surface area (Å²) in [4.78, 5) is 15.9. The van der Waals surface area contributed by atoms with E-state index in [1.165, 1.54) is 11.2 Å². The topological polar surface area (TPSA) is 71.3 Å². The number of aromatic nitrogens is 4. The number of fused-ring (bicyclic) bond motifs is 1. The van der Waals surface area contributed by atoms with Crippen LogP contribution in [-0.4, -0.2) is 34.1 Å². The molecule has 0 aliphatic carbocycles. The molecule has 0 aliphatic heterocycles. The van der Waals surface area contributed by atoms with Crippen LogP contribution < -0.4 is 14.3 Å². The van der Waals surface area contributed by atoms with Gasteiger partial charge in [-0.1, -0.05) is 35.2 Å². The number of nitrogens with zero attached hydrogens (tertiary/aromatic N) is 4. The number of hydrogen-bond acceptors (Lipinski definition) is 6. The minimum atomic E-state index is 0.372. The summed E-state index contributed by atoms with van der Waals surface area (Å²) in [7, 11) is 3.16. The summed E-state index contributed by atoms with van der Waals surface area (Å²) < 4.78 is 10.7. The van der Waals surface area contributed by atoms with E-state index in [4.69, 9.17) is 14.3 Å². The SMILES string of the molecule is COc1cc2ncnc(On3nccc3-c3ccccc3)c2cc1OC. The second-order valence-electron chi connectivity index (χ2n) is 5.45. The van der Waals surface area contributed by atoms with E-state index in [1.807, 2.05) is 36.4 Å². The highest BCUT2D eigenvalue weighted by Gasteiger charge is 2.14. The van der Waals surface area contributed by atoms with Crippen molar-refractivity contribution in [2.45, 2.75) is 0 Å². The van der Waals surface area contributed by atoms with Crippen molar-refractivity contribution in [2.75, 3.05) is 14.2 Å². The maximum Gasteiger partial charge on any atom is 0.259 e. The second kappa shape index (κ2) is 6.72. The van der Waals surface area contributed by atoms with Crippen LogP contribution in [0.2, 0.25) is 0 Å². The van der Waals surface area contributed by atoms with Crippen molar-refractivity contribution in [3.63, 3.8) is 0 Å². The average molecular weight is 348 g/mol. The molecule has 0 N–H and O–H groups in total. The first-order chi connectivity index (χ1) is 12.8. The molecule has 0 unspecified atom stereocenters. The fourth-order valence-corrected chi connectivity index (χ4v) is 2.69. The Kier molecular flexibility index (Phi) is 4.10. The van der Waals surface area contributed by atoms with Gasteiger partial charge in [0.25, 0.3) is 5.88 Å². The maximum atomic E-state index is 5.95. The molecule has 7 heteroatoms. The van der Waals surface area contributed by atoms with Gasteiger partial charge in [-0.25, -0.2) is 4.98 Å². The molecule has 2 aromatic heterocycles. The van der Waals surface area contributed by atoms with Gasteiger partial charge in [-0.3, -0.25) is 0 Å². The molecule has 0 radical (unpaired) electrons. The molecular formula is C19H16N4O3. The van der Waals surface area contributed by atoms with Crippen LogP contribution in [0.4, 0.5) is 0 Å². The standard InChI is InChI=1S/C19H16N4O3/c1-24-17-10-14-15(11-18(17)25-2)20-12-21-19(14)26-23-16(8-9-22-23)13-6-4-3-5-7-13/h3-12H,1-2H3. The number of ether oxygens (including phenoxy) is 2. The summed E-state index contributed by atoms with van der Waals surface area (Å²) in [5.74, 6) is 1.54. The Balaban J connectivity index is 1.78. The van der Waals surface area contributed by atoms with Gasteiger partial charge in [0.1, 0.15) is 12.0 Å². The van der Waals surface area contributed by atoms with E-state index in [1.54, 1.807) is 32.5 Å². The first kappa shape index (κ1) is 15.9. The second-order valence-corrected chi connectivity index (χ2v) is 5.45. The Morgan fingerprint density at radius 3 is 2.42 bits per heavy atom. The van der Waals surface area contributed by atoms with Crippen LogP contribution in [0.15, 0.2) is 61.1 Å². The highest BCUT2D eigenvalue weighted by atomic mass is 16.7. The zero-order valence-electron chi connectivity index (χ0n) is 14.3. The monoisotopic (exact) mass is 348 g/mol. The van der Waals surface area contributed by atoms with Crippen molar-refractivity contribution in [1.82, 2.24) is 19.9 Å². The molecule has 0 saturated heterocycles. The van der Waals surface area contributed by atoms with Gasteiger partial charge in [0.2, 0.25) is 0 Å². The van der Waals surface area contributed by atoms with Gasteiger partial charge in [0.05, 0.1) is 31.3 Å². The fourth-order valence-electron chi connectivity index (χ4n) is 2.69. The Morgan fingerprint density at radius 2 is 1.65 bits per heavy atom. The molecule has 4 rings (SSSR count). The first-order valence-electron chi connectivity index (χ1n) is 7.94. The Bertz CT molecular complexity index is 1050. The zero-order chi connectivity index (χ0) is 17.9. The van der Waals surface area contributed by atoms with E-state index in [-0.39, 0.29) is 0 Å². The Morgan fingerprint density at radius 1 is 0.885 bits per heavy atom. The summed E-state index contributed by atoms with van der Waals surface area (Å²) in [5.41, 5.74) is 2.49. The molecule has 26 heavy (non-hydrogen) atoms. The number of methoxy groups -OCH3 is 2.